The Bertz CT molecular complexity index is 1420. The number of aliphatic hydroxyl groups is 2. The summed E-state index contributed by atoms with van der Waals surface area (Å²) in [6.07, 6.45) is -0.755. The van der Waals surface area contributed by atoms with Crippen molar-refractivity contribution in [3.8, 4) is 29.1 Å². The van der Waals surface area contributed by atoms with E-state index in [-0.39, 0.29) is 17.1 Å². The van der Waals surface area contributed by atoms with E-state index >= 15 is 0 Å². The summed E-state index contributed by atoms with van der Waals surface area (Å²) in [5, 5.41) is 33.6. The van der Waals surface area contributed by atoms with Crippen molar-refractivity contribution in [2.45, 2.75) is 36.1 Å². The zero-order valence-corrected chi connectivity index (χ0v) is 22.5. The lowest BCUT2D eigenvalue weighted by atomic mass is 9.70. The number of aliphatic hydroxyl groups excluding tert-OH is 1. The van der Waals surface area contributed by atoms with Crippen LogP contribution in [0.5, 0.6) is 23.0 Å². The highest BCUT2D eigenvalue weighted by molar-refractivity contribution is 5.78. The third-order valence-corrected chi connectivity index (χ3v) is 7.90. The van der Waals surface area contributed by atoms with Crippen LogP contribution in [-0.2, 0) is 20.7 Å². The molecule has 0 aromatic heterocycles. The van der Waals surface area contributed by atoms with E-state index in [0.717, 1.165) is 0 Å². The molecule has 0 spiro atoms. The molecule has 40 heavy (non-hydrogen) atoms. The number of carbonyl (C=O) groups is 1. The van der Waals surface area contributed by atoms with Gasteiger partial charge in [-0.2, -0.15) is 5.26 Å². The van der Waals surface area contributed by atoms with Gasteiger partial charge in [-0.05, 0) is 29.7 Å². The van der Waals surface area contributed by atoms with Crippen LogP contribution in [0.1, 0.15) is 35.4 Å². The zero-order chi connectivity index (χ0) is 28.5. The summed E-state index contributed by atoms with van der Waals surface area (Å²) in [6, 6.07) is 21.5. The summed E-state index contributed by atoms with van der Waals surface area (Å²) in [5.41, 5.74) is -2.42. The average molecular weight is 546 g/mol. The number of carbonyl (C=O) groups excluding carboxylic acids is 1. The van der Waals surface area contributed by atoms with Gasteiger partial charge in [0.15, 0.2) is 11.2 Å². The third kappa shape index (κ3) is 3.95. The van der Waals surface area contributed by atoms with Crippen LogP contribution in [0, 0.1) is 17.2 Å². The molecule has 1 saturated carbocycles. The second kappa shape index (κ2) is 10.7. The van der Waals surface area contributed by atoms with Gasteiger partial charge in [0.05, 0.1) is 45.5 Å². The fourth-order valence-corrected chi connectivity index (χ4v) is 6.21. The van der Waals surface area contributed by atoms with Gasteiger partial charge in [-0.1, -0.05) is 42.5 Å². The van der Waals surface area contributed by atoms with Crippen molar-refractivity contribution < 1.29 is 38.7 Å². The van der Waals surface area contributed by atoms with Gasteiger partial charge in [0.25, 0.3) is 0 Å². The quantitative estimate of drug-likeness (QED) is 0.305. The van der Waals surface area contributed by atoms with Gasteiger partial charge in [-0.15, -0.1) is 0 Å². The highest BCUT2D eigenvalue weighted by Gasteiger charge is 2.78. The molecule has 9 nitrogen and oxygen atoms in total. The van der Waals surface area contributed by atoms with Crippen LogP contribution in [0.2, 0.25) is 0 Å². The van der Waals surface area contributed by atoms with Crippen LogP contribution in [0.4, 0.5) is 0 Å². The van der Waals surface area contributed by atoms with Gasteiger partial charge >= 0.3 is 5.97 Å². The fourth-order valence-electron chi connectivity index (χ4n) is 6.21. The molecule has 208 valence electrons. The molecule has 0 bridgehead atoms. The van der Waals surface area contributed by atoms with Gasteiger partial charge in [0.2, 0.25) is 0 Å². The molecular weight excluding hydrogens is 514 g/mol. The number of ether oxygens (including phenoxy) is 5. The van der Waals surface area contributed by atoms with E-state index < -0.39 is 35.1 Å². The Morgan fingerprint density at radius 2 is 1.75 bits per heavy atom. The molecule has 5 atom stereocenters. The second-order valence-corrected chi connectivity index (χ2v) is 9.82. The smallest absolute Gasteiger partial charge is 0.312 e. The molecule has 3 aromatic carbocycles. The largest absolute Gasteiger partial charge is 0.497 e. The number of fused-ring (bicyclic) bond motifs is 3. The molecule has 1 heterocycles. The van der Waals surface area contributed by atoms with Crippen molar-refractivity contribution in [2.24, 2.45) is 5.92 Å². The summed E-state index contributed by atoms with van der Waals surface area (Å²) in [7, 11) is 4.24. The Kier molecular flexibility index (Phi) is 7.32. The average Bonchev–Trinajstić information content (AvgIpc) is 3.37. The van der Waals surface area contributed by atoms with Crippen LogP contribution < -0.4 is 18.9 Å². The van der Waals surface area contributed by atoms with E-state index in [0.29, 0.717) is 42.1 Å². The van der Waals surface area contributed by atoms with Gasteiger partial charge in [0.1, 0.15) is 29.1 Å². The van der Waals surface area contributed by atoms with E-state index in [4.69, 9.17) is 28.9 Å². The first kappa shape index (κ1) is 27.3. The first-order valence-corrected chi connectivity index (χ1v) is 13.0. The van der Waals surface area contributed by atoms with Crippen LogP contribution in [0.3, 0.4) is 0 Å². The standard InChI is InChI=1S/C31H31NO8/c1-36-21-13-11-20(12-14-21)31-26(19-9-5-4-6-10-19)25(29(34)38-3)28(33)30(31,35)27-23(37-2)17-22(18-24(27)40-31)39-16-8-7-15-32/h4-6,9-14,17-18,25-26,28,33,35H,7-8,16H2,1-3H3. The topological polar surface area (TPSA) is 127 Å². The minimum Gasteiger partial charge on any atom is -0.497 e. The molecule has 2 aliphatic rings. The number of nitrogens with zero attached hydrogens (tertiary/aromatic N) is 1. The molecule has 0 amide bonds. The summed E-state index contributed by atoms with van der Waals surface area (Å²) in [6.45, 7) is 0.295. The molecule has 5 rings (SSSR count). The van der Waals surface area contributed by atoms with Crippen LogP contribution in [0.15, 0.2) is 66.7 Å². The SMILES string of the molecule is COC(=O)C1C(O)C2(O)c3c(OC)cc(OCCCC#N)cc3OC2(c2ccc(OC)cc2)C1c1ccccc1. The number of benzene rings is 3. The third-order valence-electron chi connectivity index (χ3n) is 7.90. The van der Waals surface area contributed by atoms with Crippen molar-refractivity contribution in [3.63, 3.8) is 0 Å². The maximum Gasteiger partial charge on any atom is 0.312 e. The molecule has 2 N–H and O–H groups in total. The van der Waals surface area contributed by atoms with E-state index in [1.165, 1.54) is 14.2 Å². The number of hydrogen-bond acceptors (Lipinski definition) is 9. The van der Waals surface area contributed by atoms with Crippen molar-refractivity contribution in [1.82, 2.24) is 0 Å². The highest BCUT2D eigenvalue weighted by atomic mass is 16.6. The van der Waals surface area contributed by atoms with Crippen molar-refractivity contribution >= 4 is 5.97 Å². The first-order valence-electron chi connectivity index (χ1n) is 13.0. The maximum absolute atomic E-state index is 13.3. The molecule has 1 aliphatic carbocycles. The van der Waals surface area contributed by atoms with Gasteiger partial charge in [0, 0.05) is 24.5 Å². The molecule has 3 aromatic rings. The van der Waals surface area contributed by atoms with E-state index in [1.807, 2.05) is 30.3 Å². The van der Waals surface area contributed by atoms with Gasteiger partial charge < -0.3 is 33.9 Å². The first-order chi connectivity index (χ1) is 19.4. The fraction of sp³-hybridized carbons (Fsp3) is 0.355. The number of rotatable bonds is 9. The van der Waals surface area contributed by atoms with E-state index in [1.54, 1.807) is 43.5 Å². The van der Waals surface area contributed by atoms with Gasteiger partial charge in [-0.3, -0.25) is 4.79 Å². The number of nitriles is 1. The Labute approximate surface area is 232 Å². The monoisotopic (exact) mass is 545 g/mol. The summed E-state index contributed by atoms with van der Waals surface area (Å²) in [5.74, 6) is -1.26. The summed E-state index contributed by atoms with van der Waals surface area (Å²) in [4.78, 5) is 13.3. The van der Waals surface area contributed by atoms with Crippen LogP contribution in [0.25, 0.3) is 0 Å². The number of esters is 1. The summed E-state index contributed by atoms with van der Waals surface area (Å²) >= 11 is 0. The van der Waals surface area contributed by atoms with E-state index in [9.17, 15) is 15.0 Å². The molecule has 1 fully saturated rings. The lowest BCUT2D eigenvalue weighted by Gasteiger charge is -2.40. The van der Waals surface area contributed by atoms with Crippen LogP contribution in [-0.4, -0.2) is 50.2 Å². The van der Waals surface area contributed by atoms with Crippen molar-refractivity contribution in [3.05, 3.63) is 83.4 Å². The molecule has 9 heteroatoms. The minimum absolute atomic E-state index is 0.204. The van der Waals surface area contributed by atoms with Crippen LogP contribution >= 0.6 is 0 Å². The van der Waals surface area contributed by atoms with E-state index in [2.05, 4.69) is 6.07 Å². The minimum atomic E-state index is -2.14. The molecule has 0 saturated heterocycles. The summed E-state index contributed by atoms with van der Waals surface area (Å²) < 4.78 is 28.9. The van der Waals surface area contributed by atoms with Gasteiger partial charge in [-0.25, -0.2) is 0 Å². The Morgan fingerprint density at radius 1 is 1.02 bits per heavy atom. The Morgan fingerprint density at radius 3 is 2.38 bits per heavy atom. The molecule has 5 unspecified atom stereocenters. The van der Waals surface area contributed by atoms with Crippen molar-refractivity contribution in [2.75, 3.05) is 27.9 Å². The molecule has 1 aliphatic heterocycles. The maximum atomic E-state index is 13.3. The number of hydrogen-bond donors (Lipinski definition) is 2. The Balaban J connectivity index is 1.77. The van der Waals surface area contributed by atoms with Crippen molar-refractivity contribution in [1.29, 1.82) is 5.26 Å². The molecule has 0 radical (unpaired) electrons. The number of methoxy groups -OCH3 is 3. The molecular formula is C31H31NO8. The second-order valence-electron chi connectivity index (χ2n) is 9.82. The lowest BCUT2D eigenvalue weighted by Crippen LogP contribution is -2.52. The lowest BCUT2D eigenvalue weighted by molar-refractivity contribution is -0.161. The zero-order valence-electron chi connectivity index (χ0n) is 22.5. The highest BCUT2D eigenvalue weighted by Crippen LogP contribution is 2.70. The normalized spacial score (nSPS) is 26.1. The number of unbranched alkanes of at least 4 members (excludes halogenated alkanes) is 1. The predicted octanol–water partition coefficient (Wildman–Crippen LogP) is 3.81. The Hall–Kier alpha value is -4.26. The predicted molar refractivity (Wildman–Crippen MR) is 143 cm³/mol.